The van der Waals surface area contributed by atoms with Crippen LogP contribution in [0.2, 0.25) is 0 Å². The zero-order valence-electron chi connectivity index (χ0n) is 11.7. The van der Waals surface area contributed by atoms with Gasteiger partial charge in [0.15, 0.2) is 5.75 Å². The van der Waals surface area contributed by atoms with E-state index in [0.29, 0.717) is 13.0 Å². The lowest BCUT2D eigenvalue weighted by atomic mass is 9.86. The summed E-state index contributed by atoms with van der Waals surface area (Å²) in [6.45, 7) is 4.51. The Labute approximate surface area is 118 Å². The van der Waals surface area contributed by atoms with Crippen molar-refractivity contribution in [3.63, 3.8) is 0 Å². The molecule has 3 atom stereocenters. The summed E-state index contributed by atoms with van der Waals surface area (Å²) in [7, 11) is 0. The van der Waals surface area contributed by atoms with Crippen LogP contribution in [0.3, 0.4) is 0 Å². The monoisotopic (exact) mass is 280 g/mol. The fourth-order valence-corrected chi connectivity index (χ4v) is 2.25. The minimum absolute atomic E-state index is 0.0229. The molecular formula is C14H20N2O4. The van der Waals surface area contributed by atoms with Crippen LogP contribution in [0.5, 0.6) is 5.75 Å². The van der Waals surface area contributed by atoms with E-state index in [0.717, 1.165) is 12.0 Å². The first-order valence-electron chi connectivity index (χ1n) is 6.81. The van der Waals surface area contributed by atoms with Crippen molar-refractivity contribution in [2.45, 2.75) is 44.9 Å². The van der Waals surface area contributed by atoms with Gasteiger partial charge in [-0.05, 0) is 25.0 Å². The third-order valence-electron chi connectivity index (χ3n) is 3.40. The maximum Gasteiger partial charge on any atom is 0.310 e. The van der Waals surface area contributed by atoms with Gasteiger partial charge in [0, 0.05) is 25.1 Å². The summed E-state index contributed by atoms with van der Waals surface area (Å²) < 4.78 is 11.4. The van der Waals surface area contributed by atoms with Crippen LogP contribution in [-0.2, 0) is 4.74 Å². The summed E-state index contributed by atoms with van der Waals surface area (Å²) in [6.07, 6.45) is 1.16. The lowest BCUT2D eigenvalue weighted by Crippen LogP contribution is -2.59. The molecule has 6 nitrogen and oxygen atoms in total. The molecule has 3 unspecified atom stereocenters. The van der Waals surface area contributed by atoms with Gasteiger partial charge in [-0.25, -0.2) is 0 Å². The highest BCUT2D eigenvalue weighted by Gasteiger charge is 2.42. The molecule has 1 aromatic rings. The Kier molecular flexibility index (Phi) is 4.57. The van der Waals surface area contributed by atoms with Gasteiger partial charge in [0.05, 0.1) is 4.92 Å². The number of rotatable bonds is 6. The Morgan fingerprint density at radius 1 is 1.50 bits per heavy atom. The van der Waals surface area contributed by atoms with E-state index >= 15 is 0 Å². The van der Waals surface area contributed by atoms with Gasteiger partial charge in [0.1, 0.15) is 12.2 Å². The summed E-state index contributed by atoms with van der Waals surface area (Å²) in [6, 6.07) is 4.78. The quantitative estimate of drug-likeness (QED) is 0.637. The highest BCUT2D eigenvalue weighted by Crippen LogP contribution is 2.33. The van der Waals surface area contributed by atoms with E-state index in [-0.39, 0.29) is 29.7 Å². The predicted molar refractivity (Wildman–Crippen MR) is 74.9 cm³/mol. The SMILES string of the molecule is CCCOC1C(N)CC1Oc1cc(C)ccc1[N+](=O)[O-]. The molecule has 110 valence electrons. The molecule has 1 aliphatic rings. The maximum absolute atomic E-state index is 11.0. The van der Waals surface area contributed by atoms with Crippen LogP contribution in [0.4, 0.5) is 5.69 Å². The molecular weight excluding hydrogens is 260 g/mol. The first kappa shape index (κ1) is 14.7. The number of nitrogens with two attached hydrogens (primary N) is 1. The van der Waals surface area contributed by atoms with Crippen LogP contribution < -0.4 is 10.5 Å². The van der Waals surface area contributed by atoms with Crippen molar-refractivity contribution in [1.29, 1.82) is 0 Å². The highest BCUT2D eigenvalue weighted by atomic mass is 16.6. The molecule has 2 rings (SSSR count). The van der Waals surface area contributed by atoms with Crippen molar-refractivity contribution in [3.05, 3.63) is 33.9 Å². The smallest absolute Gasteiger partial charge is 0.310 e. The summed E-state index contributed by atoms with van der Waals surface area (Å²) in [5.41, 5.74) is 6.79. The Morgan fingerprint density at radius 3 is 2.85 bits per heavy atom. The number of nitro benzene ring substituents is 1. The fourth-order valence-electron chi connectivity index (χ4n) is 2.25. The van der Waals surface area contributed by atoms with E-state index in [2.05, 4.69) is 0 Å². The molecule has 20 heavy (non-hydrogen) atoms. The molecule has 0 heterocycles. The van der Waals surface area contributed by atoms with Gasteiger partial charge in [0.2, 0.25) is 0 Å². The van der Waals surface area contributed by atoms with E-state index in [1.54, 1.807) is 12.1 Å². The van der Waals surface area contributed by atoms with Crippen LogP contribution >= 0.6 is 0 Å². The first-order valence-corrected chi connectivity index (χ1v) is 6.81. The van der Waals surface area contributed by atoms with E-state index in [1.165, 1.54) is 6.07 Å². The molecule has 1 fully saturated rings. The number of ether oxygens (including phenoxy) is 2. The molecule has 6 heteroatoms. The van der Waals surface area contributed by atoms with E-state index in [4.69, 9.17) is 15.2 Å². The zero-order valence-corrected chi connectivity index (χ0v) is 11.7. The van der Waals surface area contributed by atoms with Crippen molar-refractivity contribution >= 4 is 5.69 Å². The van der Waals surface area contributed by atoms with Crippen molar-refractivity contribution in [2.75, 3.05) is 6.61 Å². The predicted octanol–water partition coefficient (Wildman–Crippen LogP) is 2.18. The van der Waals surface area contributed by atoms with E-state index in [9.17, 15) is 10.1 Å². The Hall–Kier alpha value is -1.66. The molecule has 0 bridgehead atoms. The number of nitro groups is 1. The minimum atomic E-state index is -0.435. The minimum Gasteiger partial charge on any atom is -0.481 e. The summed E-state index contributed by atoms with van der Waals surface area (Å²) in [4.78, 5) is 10.6. The molecule has 0 saturated heterocycles. The lowest BCUT2D eigenvalue weighted by molar-refractivity contribution is -0.386. The number of hydrogen-bond acceptors (Lipinski definition) is 5. The van der Waals surface area contributed by atoms with Gasteiger partial charge in [-0.1, -0.05) is 13.0 Å². The van der Waals surface area contributed by atoms with Gasteiger partial charge in [-0.3, -0.25) is 10.1 Å². The van der Waals surface area contributed by atoms with Crippen LogP contribution in [0.15, 0.2) is 18.2 Å². The average Bonchev–Trinajstić information content (AvgIpc) is 2.38. The van der Waals surface area contributed by atoms with Gasteiger partial charge in [0.25, 0.3) is 0 Å². The summed E-state index contributed by atoms with van der Waals surface area (Å²) in [5.74, 6) is 0.289. The highest BCUT2D eigenvalue weighted by molar-refractivity contribution is 5.48. The fraction of sp³-hybridized carbons (Fsp3) is 0.571. The van der Waals surface area contributed by atoms with Gasteiger partial charge in [-0.2, -0.15) is 0 Å². The molecule has 1 saturated carbocycles. The Balaban J connectivity index is 2.09. The maximum atomic E-state index is 11.0. The van der Waals surface area contributed by atoms with Crippen molar-refractivity contribution in [3.8, 4) is 5.75 Å². The average molecular weight is 280 g/mol. The third kappa shape index (κ3) is 3.08. The number of nitrogens with zero attached hydrogens (tertiary/aromatic N) is 1. The van der Waals surface area contributed by atoms with E-state index in [1.807, 2.05) is 13.8 Å². The second-order valence-corrected chi connectivity index (χ2v) is 5.12. The third-order valence-corrected chi connectivity index (χ3v) is 3.40. The van der Waals surface area contributed by atoms with E-state index < -0.39 is 4.92 Å². The van der Waals surface area contributed by atoms with Gasteiger partial charge < -0.3 is 15.2 Å². The second-order valence-electron chi connectivity index (χ2n) is 5.12. The Bertz CT molecular complexity index is 492. The van der Waals surface area contributed by atoms with Gasteiger partial charge >= 0.3 is 5.69 Å². The van der Waals surface area contributed by atoms with Crippen molar-refractivity contribution < 1.29 is 14.4 Å². The molecule has 0 amide bonds. The number of benzene rings is 1. The lowest BCUT2D eigenvalue weighted by Gasteiger charge is -2.41. The zero-order chi connectivity index (χ0) is 14.7. The first-order chi connectivity index (χ1) is 9.52. The molecule has 2 N–H and O–H groups in total. The molecule has 1 aliphatic carbocycles. The molecule has 0 aliphatic heterocycles. The molecule has 1 aromatic carbocycles. The second kappa shape index (κ2) is 6.19. The topological polar surface area (TPSA) is 87.6 Å². The standard InChI is InChI=1S/C14H20N2O4/c1-3-6-19-14-10(15)8-13(14)20-12-7-9(2)4-5-11(12)16(17)18/h4-5,7,10,13-14H,3,6,8,15H2,1-2H3. The molecule has 0 radical (unpaired) electrons. The Morgan fingerprint density at radius 2 is 2.25 bits per heavy atom. The normalized spacial score (nSPS) is 25.1. The summed E-state index contributed by atoms with van der Waals surface area (Å²) >= 11 is 0. The van der Waals surface area contributed by atoms with Gasteiger partial charge in [-0.15, -0.1) is 0 Å². The summed E-state index contributed by atoms with van der Waals surface area (Å²) in [5, 5.41) is 11.0. The number of aryl methyl sites for hydroxylation is 1. The van der Waals surface area contributed by atoms with Crippen LogP contribution in [-0.4, -0.2) is 29.8 Å². The van der Waals surface area contributed by atoms with Crippen molar-refractivity contribution in [2.24, 2.45) is 5.73 Å². The largest absolute Gasteiger partial charge is 0.481 e. The molecule has 0 spiro atoms. The van der Waals surface area contributed by atoms with Crippen LogP contribution in [0.1, 0.15) is 25.3 Å². The van der Waals surface area contributed by atoms with Crippen LogP contribution in [0, 0.1) is 17.0 Å². The molecule has 0 aromatic heterocycles. The number of hydrogen-bond donors (Lipinski definition) is 1. The van der Waals surface area contributed by atoms with Crippen LogP contribution in [0.25, 0.3) is 0 Å². The van der Waals surface area contributed by atoms with Crippen molar-refractivity contribution in [1.82, 2.24) is 0 Å².